The lowest BCUT2D eigenvalue weighted by molar-refractivity contribution is -0.134. The van der Waals surface area contributed by atoms with Gasteiger partial charge in [0.25, 0.3) is 5.91 Å². The molecule has 2 N–H and O–H groups in total. The average Bonchev–Trinajstić information content (AvgIpc) is 3.49. The van der Waals surface area contributed by atoms with Crippen LogP contribution < -0.4 is 20.3 Å². The number of unbranched alkanes of at least 4 members (excludes halogenated alkanes) is 2. The van der Waals surface area contributed by atoms with Gasteiger partial charge in [-0.1, -0.05) is 61.9 Å². The normalized spacial score (nSPS) is 15.8. The Kier molecular flexibility index (Phi) is 12.6. The Morgan fingerprint density at radius 2 is 1.59 bits per heavy atom. The molecular formula is C40H48N4O5. The fraction of sp³-hybridized carbons (Fsp3) is 0.400. The number of aryl methyl sites for hydroxylation is 1. The van der Waals surface area contributed by atoms with Crippen molar-refractivity contribution in [1.29, 1.82) is 0 Å². The van der Waals surface area contributed by atoms with Gasteiger partial charge in [-0.15, -0.1) is 0 Å². The molecule has 0 aliphatic heterocycles. The van der Waals surface area contributed by atoms with Gasteiger partial charge in [0.1, 0.15) is 18.0 Å². The largest absolute Gasteiger partial charge is 0.427 e. The van der Waals surface area contributed by atoms with Crippen molar-refractivity contribution in [2.75, 3.05) is 18.0 Å². The number of esters is 1. The summed E-state index contributed by atoms with van der Waals surface area (Å²) in [6.45, 7) is 5.20. The molecule has 49 heavy (non-hydrogen) atoms. The van der Waals surface area contributed by atoms with E-state index in [0.717, 1.165) is 41.4 Å². The van der Waals surface area contributed by atoms with Crippen LogP contribution in [0.25, 0.3) is 10.9 Å². The Bertz CT molecular complexity index is 1730. The minimum atomic E-state index is -0.245. The predicted octanol–water partition coefficient (Wildman–Crippen LogP) is 6.83. The van der Waals surface area contributed by atoms with Crippen LogP contribution in [0.3, 0.4) is 0 Å². The molecule has 0 bridgehead atoms. The molecule has 258 valence electrons. The van der Waals surface area contributed by atoms with Crippen LogP contribution in [-0.2, 0) is 27.3 Å². The molecule has 1 saturated carbocycles. The summed E-state index contributed by atoms with van der Waals surface area (Å²) in [6.07, 6.45) is 6.39. The number of nitrogens with one attached hydrogen (secondary N) is 2. The molecule has 3 aromatic carbocycles. The summed E-state index contributed by atoms with van der Waals surface area (Å²) in [5, 5.41) is 7.15. The number of carbonyl (C=O) groups is 4. The number of hydrogen-bond donors (Lipinski definition) is 2. The van der Waals surface area contributed by atoms with Crippen molar-refractivity contribution < 1.29 is 23.9 Å². The number of hydrogen-bond acceptors (Lipinski definition) is 5. The van der Waals surface area contributed by atoms with Crippen LogP contribution >= 0.6 is 0 Å². The van der Waals surface area contributed by atoms with Crippen LogP contribution in [0.5, 0.6) is 5.75 Å². The van der Waals surface area contributed by atoms with E-state index in [2.05, 4.69) is 23.6 Å². The summed E-state index contributed by atoms with van der Waals surface area (Å²) in [6, 6.07) is 26.6. The second-order valence-electron chi connectivity index (χ2n) is 12.7. The summed E-state index contributed by atoms with van der Waals surface area (Å²) in [4.78, 5) is 54.0. The molecular weight excluding hydrogens is 616 g/mol. The van der Waals surface area contributed by atoms with E-state index in [1.165, 1.54) is 0 Å². The van der Waals surface area contributed by atoms with Gasteiger partial charge in [-0.05, 0) is 93.8 Å². The van der Waals surface area contributed by atoms with E-state index in [0.29, 0.717) is 63.1 Å². The van der Waals surface area contributed by atoms with Crippen molar-refractivity contribution in [1.82, 2.24) is 15.2 Å². The molecule has 0 saturated heterocycles. The van der Waals surface area contributed by atoms with Crippen LogP contribution in [0.2, 0.25) is 0 Å². The molecule has 1 heterocycles. The number of benzene rings is 3. The number of aromatic nitrogens is 1. The quantitative estimate of drug-likeness (QED) is 0.0823. The Balaban J connectivity index is 1.08. The molecule has 5 rings (SSSR count). The summed E-state index contributed by atoms with van der Waals surface area (Å²) < 4.78 is 7.14. The fourth-order valence-corrected chi connectivity index (χ4v) is 6.59. The number of nitrogens with zero attached hydrogens (tertiary/aromatic N) is 2. The van der Waals surface area contributed by atoms with E-state index in [-0.39, 0.29) is 42.2 Å². The van der Waals surface area contributed by atoms with E-state index in [1.807, 2.05) is 78.2 Å². The van der Waals surface area contributed by atoms with Crippen molar-refractivity contribution in [3.8, 4) is 5.75 Å². The average molecular weight is 665 g/mol. The van der Waals surface area contributed by atoms with Crippen LogP contribution in [0, 0.1) is 5.92 Å². The van der Waals surface area contributed by atoms with Crippen molar-refractivity contribution in [3.63, 3.8) is 0 Å². The van der Waals surface area contributed by atoms with Gasteiger partial charge in [0.15, 0.2) is 0 Å². The van der Waals surface area contributed by atoms with Gasteiger partial charge in [0.05, 0.1) is 0 Å². The van der Waals surface area contributed by atoms with Gasteiger partial charge in [0.2, 0.25) is 11.8 Å². The maximum atomic E-state index is 13.7. The van der Waals surface area contributed by atoms with E-state index in [4.69, 9.17) is 4.74 Å². The van der Waals surface area contributed by atoms with Crippen LogP contribution in [0.4, 0.5) is 5.69 Å². The zero-order valence-corrected chi connectivity index (χ0v) is 28.7. The molecule has 1 aliphatic rings. The first-order valence-electron chi connectivity index (χ1n) is 17.7. The Morgan fingerprint density at radius 1 is 0.837 bits per heavy atom. The maximum absolute atomic E-state index is 13.7. The molecule has 1 fully saturated rings. The number of amides is 3. The first-order chi connectivity index (χ1) is 23.9. The van der Waals surface area contributed by atoms with Gasteiger partial charge in [0, 0.05) is 48.1 Å². The Labute approximate surface area is 289 Å². The number of para-hydroxylation sites is 2. The second kappa shape index (κ2) is 17.5. The van der Waals surface area contributed by atoms with Crippen LogP contribution in [0.1, 0.15) is 81.3 Å². The lowest BCUT2D eigenvalue weighted by atomic mass is 9.85. The molecule has 9 heteroatoms. The number of anilines is 1. The third kappa shape index (κ3) is 9.59. The lowest BCUT2D eigenvalue weighted by Gasteiger charge is -2.28. The highest BCUT2D eigenvalue weighted by Gasteiger charge is 2.28. The Hall–Kier alpha value is -4.92. The molecule has 1 aromatic heterocycles. The summed E-state index contributed by atoms with van der Waals surface area (Å²) in [7, 11) is 0. The van der Waals surface area contributed by atoms with E-state index < -0.39 is 0 Å². The third-order valence-electron chi connectivity index (χ3n) is 9.35. The highest BCUT2D eigenvalue weighted by atomic mass is 16.5. The Morgan fingerprint density at radius 3 is 2.35 bits per heavy atom. The monoisotopic (exact) mass is 664 g/mol. The van der Waals surface area contributed by atoms with Crippen molar-refractivity contribution in [2.45, 2.75) is 84.2 Å². The van der Waals surface area contributed by atoms with Crippen molar-refractivity contribution in [3.05, 3.63) is 96.2 Å². The summed E-state index contributed by atoms with van der Waals surface area (Å²) in [5.74, 6) is -0.00670. The predicted molar refractivity (Wildman–Crippen MR) is 193 cm³/mol. The molecule has 3 amide bonds. The van der Waals surface area contributed by atoms with Gasteiger partial charge in [-0.3, -0.25) is 19.2 Å². The molecule has 9 nitrogen and oxygen atoms in total. The van der Waals surface area contributed by atoms with Gasteiger partial charge < -0.3 is 24.8 Å². The minimum Gasteiger partial charge on any atom is -0.427 e. The van der Waals surface area contributed by atoms with Crippen LogP contribution in [0.15, 0.2) is 84.9 Å². The first-order valence-corrected chi connectivity index (χ1v) is 17.7. The zero-order chi connectivity index (χ0) is 34.6. The SMILES string of the molecule is CCc1cccc(N(CC)C(=O)Cn2c(C(=O)NC3CCC(C(=O)NCCCCCC(=O)Oc4ccccc4)CC3)cc3ccccc32)c1. The molecule has 0 atom stereocenters. The summed E-state index contributed by atoms with van der Waals surface area (Å²) in [5.41, 5.74) is 3.32. The molecule has 1 aliphatic carbocycles. The van der Waals surface area contributed by atoms with E-state index in [1.54, 1.807) is 17.0 Å². The van der Waals surface area contributed by atoms with Crippen molar-refractivity contribution in [2.24, 2.45) is 5.92 Å². The van der Waals surface area contributed by atoms with Crippen LogP contribution in [-0.4, -0.2) is 47.4 Å². The van der Waals surface area contributed by atoms with E-state index >= 15 is 0 Å². The van der Waals surface area contributed by atoms with Crippen molar-refractivity contribution >= 4 is 40.3 Å². The maximum Gasteiger partial charge on any atom is 0.311 e. The fourth-order valence-electron chi connectivity index (χ4n) is 6.59. The number of likely N-dealkylation sites (N-methyl/N-ethyl adjacent to an activating group) is 1. The number of carbonyl (C=O) groups excluding carboxylic acids is 4. The highest BCUT2D eigenvalue weighted by molar-refractivity contribution is 6.01. The topological polar surface area (TPSA) is 110 Å². The van der Waals surface area contributed by atoms with Gasteiger partial charge in [-0.2, -0.15) is 0 Å². The molecule has 0 radical (unpaired) electrons. The first kappa shape index (κ1) is 35.4. The lowest BCUT2D eigenvalue weighted by Crippen LogP contribution is -2.42. The number of fused-ring (bicyclic) bond motifs is 1. The van der Waals surface area contributed by atoms with Gasteiger partial charge in [-0.25, -0.2) is 0 Å². The standard InChI is InChI=1S/C40H48N4O5/c1-3-29-14-13-16-33(26-29)43(4-2)37(45)28-44-35-19-11-10-15-31(35)27-36(44)40(48)42-32-23-21-30(22-24-32)39(47)41-25-12-6-9-20-38(46)49-34-17-7-5-8-18-34/h5,7-8,10-11,13-19,26-27,30,32H,3-4,6,9,12,20-25,28H2,1-2H3,(H,41,47)(H,42,48). The highest BCUT2D eigenvalue weighted by Crippen LogP contribution is 2.26. The summed E-state index contributed by atoms with van der Waals surface area (Å²) >= 11 is 0. The third-order valence-corrected chi connectivity index (χ3v) is 9.35. The van der Waals surface area contributed by atoms with Gasteiger partial charge >= 0.3 is 5.97 Å². The number of rotatable bonds is 15. The number of ether oxygens (including phenoxy) is 1. The molecule has 0 spiro atoms. The minimum absolute atomic E-state index is 0.0433. The molecule has 0 unspecified atom stereocenters. The van der Waals surface area contributed by atoms with E-state index in [9.17, 15) is 19.2 Å². The smallest absolute Gasteiger partial charge is 0.311 e. The zero-order valence-electron chi connectivity index (χ0n) is 28.7. The second-order valence-corrected chi connectivity index (χ2v) is 12.7. The molecule has 4 aromatic rings.